The molecule has 0 aliphatic heterocycles. The van der Waals surface area contributed by atoms with Crippen molar-refractivity contribution in [1.82, 2.24) is 4.90 Å². The predicted octanol–water partition coefficient (Wildman–Crippen LogP) is 2.12. The number of carbonyl (C=O) groups excluding carboxylic acids is 1. The molecule has 0 saturated carbocycles. The van der Waals surface area contributed by atoms with Gasteiger partial charge in [0, 0.05) is 11.4 Å². The van der Waals surface area contributed by atoms with Crippen LogP contribution in [-0.4, -0.2) is 38.5 Å². The number of nitrogens with two attached hydrogens (primary N) is 1. The van der Waals surface area contributed by atoms with E-state index < -0.39 is 28.7 Å². The van der Waals surface area contributed by atoms with Crippen molar-refractivity contribution < 1.29 is 26.4 Å². The Morgan fingerprint density at radius 2 is 2.00 bits per heavy atom. The Hall–Kier alpha value is -1.13. The van der Waals surface area contributed by atoms with Gasteiger partial charge >= 0.3 is 6.18 Å². The SMILES string of the molecule is CCCN(CC(F)(F)F)C(=O)c1cc(S(N)(=O)=O)c(C)s1. The molecule has 0 aromatic carbocycles. The minimum atomic E-state index is -4.51. The van der Waals surface area contributed by atoms with E-state index in [1.54, 1.807) is 6.92 Å². The quantitative estimate of drug-likeness (QED) is 0.888. The fourth-order valence-electron chi connectivity index (χ4n) is 1.75. The summed E-state index contributed by atoms with van der Waals surface area (Å²) >= 11 is 0.812. The molecular formula is C11H15F3N2O3S2. The fraction of sp³-hybridized carbons (Fsp3) is 0.545. The van der Waals surface area contributed by atoms with Gasteiger partial charge < -0.3 is 4.90 Å². The van der Waals surface area contributed by atoms with Crippen LogP contribution in [0.15, 0.2) is 11.0 Å². The van der Waals surface area contributed by atoms with Crippen molar-refractivity contribution in [2.75, 3.05) is 13.1 Å². The number of alkyl halides is 3. The van der Waals surface area contributed by atoms with Crippen molar-refractivity contribution in [3.63, 3.8) is 0 Å². The van der Waals surface area contributed by atoms with Gasteiger partial charge in [0.05, 0.1) is 9.77 Å². The maximum absolute atomic E-state index is 12.5. The fourth-order valence-corrected chi connectivity index (χ4v) is 3.86. The first kappa shape index (κ1) is 17.9. The van der Waals surface area contributed by atoms with Crippen molar-refractivity contribution in [1.29, 1.82) is 0 Å². The third-order valence-corrected chi connectivity index (χ3v) is 4.75. The van der Waals surface area contributed by atoms with Gasteiger partial charge in [-0.3, -0.25) is 4.79 Å². The second-order valence-electron chi connectivity index (χ2n) is 4.42. The number of primary sulfonamides is 1. The minimum Gasteiger partial charge on any atom is -0.329 e. The number of rotatable bonds is 5. The van der Waals surface area contributed by atoms with Crippen LogP contribution in [0.2, 0.25) is 0 Å². The topological polar surface area (TPSA) is 80.5 Å². The van der Waals surface area contributed by atoms with E-state index in [4.69, 9.17) is 5.14 Å². The first-order valence-corrected chi connectivity index (χ1v) is 8.31. The van der Waals surface area contributed by atoms with E-state index in [1.165, 1.54) is 6.92 Å². The van der Waals surface area contributed by atoms with Gasteiger partial charge in [0.15, 0.2) is 0 Å². The number of nitrogens with zero attached hydrogens (tertiary/aromatic N) is 1. The molecule has 1 amide bonds. The zero-order chi connectivity index (χ0) is 16.4. The van der Waals surface area contributed by atoms with Crippen LogP contribution >= 0.6 is 11.3 Å². The lowest BCUT2D eigenvalue weighted by molar-refractivity contribution is -0.140. The summed E-state index contributed by atoms with van der Waals surface area (Å²) in [6.07, 6.45) is -4.16. The van der Waals surface area contributed by atoms with E-state index in [-0.39, 0.29) is 21.2 Å². The molecule has 2 N–H and O–H groups in total. The molecule has 0 radical (unpaired) electrons. The lowest BCUT2D eigenvalue weighted by Gasteiger charge is -2.22. The van der Waals surface area contributed by atoms with Gasteiger partial charge in [0.1, 0.15) is 6.54 Å². The van der Waals surface area contributed by atoms with E-state index in [0.717, 1.165) is 17.4 Å². The normalized spacial score (nSPS) is 12.5. The van der Waals surface area contributed by atoms with Crippen LogP contribution < -0.4 is 5.14 Å². The molecule has 1 aromatic rings. The maximum Gasteiger partial charge on any atom is 0.406 e. The molecule has 0 bridgehead atoms. The molecule has 1 aromatic heterocycles. The number of hydrogen-bond donors (Lipinski definition) is 1. The van der Waals surface area contributed by atoms with Crippen molar-refractivity contribution in [3.05, 3.63) is 15.8 Å². The molecule has 1 heterocycles. The third-order valence-electron chi connectivity index (χ3n) is 2.54. The summed E-state index contributed by atoms with van der Waals surface area (Å²) in [4.78, 5) is 12.7. The number of sulfonamides is 1. The number of thiophene rings is 1. The number of halogens is 3. The molecule has 5 nitrogen and oxygen atoms in total. The van der Waals surface area contributed by atoms with Crippen LogP contribution in [0, 0.1) is 6.92 Å². The summed E-state index contributed by atoms with van der Waals surface area (Å²) in [5.74, 6) is -0.850. The Kier molecular flexibility index (Phi) is 5.40. The Morgan fingerprint density at radius 3 is 2.38 bits per heavy atom. The molecular weight excluding hydrogens is 329 g/mol. The standard InChI is InChI=1S/C11H15F3N2O3S2/c1-3-4-16(6-11(12,13)14)10(17)8-5-9(7(2)20-8)21(15,18)19/h5H,3-4,6H2,1-2H3,(H2,15,18,19). The average Bonchev–Trinajstić information content (AvgIpc) is 2.67. The van der Waals surface area contributed by atoms with Crippen molar-refractivity contribution in [2.45, 2.75) is 31.3 Å². The van der Waals surface area contributed by atoms with Crippen LogP contribution in [0.25, 0.3) is 0 Å². The smallest absolute Gasteiger partial charge is 0.329 e. The van der Waals surface area contributed by atoms with E-state index >= 15 is 0 Å². The average molecular weight is 344 g/mol. The molecule has 120 valence electrons. The Balaban J connectivity index is 3.10. The summed E-state index contributed by atoms with van der Waals surface area (Å²) < 4.78 is 60.0. The van der Waals surface area contributed by atoms with Gasteiger partial charge in [-0.15, -0.1) is 11.3 Å². The van der Waals surface area contributed by atoms with E-state index in [1.807, 2.05) is 0 Å². The lowest BCUT2D eigenvalue weighted by atomic mass is 10.3. The van der Waals surface area contributed by atoms with Crippen molar-refractivity contribution in [2.24, 2.45) is 5.14 Å². The Bertz CT molecular complexity index is 623. The molecule has 0 fully saturated rings. The molecule has 0 atom stereocenters. The van der Waals surface area contributed by atoms with Gasteiger partial charge in [0.2, 0.25) is 10.0 Å². The Labute approximate surface area is 124 Å². The molecule has 10 heteroatoms. The maximum atomic E-state index is 12.5. The first-order chi connectivity index (χ1) is 9.45. The molecule has 0 aliphatic rings. The minimum absolute atomic E-state index is 0.0694. The third kappa shape index (κ3) is 4.97. The molecule has 0 spiro atoms. The number of aryl methyl sites for hydroxylation is 1. The van der Waals surface area contributed by atoms with Gasteiger partial charge in [-0.2, -0.15) is 13.2 Å². The van der Waals surface area contributed by atoms with Gasteiger partial charge in [-0.25, -0.2) is 13.6 Å². The zero-order valence-corrected chi connectivity index (χ0v) is 13.0. The van der Waals surface area contributed by atoms with Crippen LogP contribution in [0.5, 0.6) is 0 Å². The Morgan fingerprint density at radius 1 is 1.43 bits per heavy atom. The monoisotopic (exact) mass is 344 g/mol. The highest BCUT2D eigenvalue weighted by Gasteiger charge is 2.33. The van der Waals surface area contributed by atoms with E-state index in [9.17, 15) is 26.4 Å². The summed E-state index contributed by atoms with van der Waals surface area (Å²) in [5, 5.41) is 4.98. The van der Waals surface area contributed by atoms with Gasteiger partial charge in [-0.1, -0.05) is 6.92 Å². The molecule has 0 aliphatic carbocycles. The zero-order valence-electron chi connectivity index (χ0n) is 11.4. The van der Waals surface area contributed by atoms with Crippen molar-refractivity contribution in [3.8, 4) is 0 Å². The highest BCUT2D eigenvalue weighted by molar-refractivity contribution is 7.89. The second-order valence-corrected chi connectivity index (χ2v) is 7.20. The summed E-state index contributed by atoms with van der Waals surface area (Å²) in [6.45, 7) is 1.64. The van der Waals surface area contributed by atoms with Crippen LogP contribution in [0.3, 0.4) is 0 Å². The predicted molar refractivity (Wildman–Crippen MR) is 72.7 cm³/mol. The number of carbonyl (C=O) groups is 1. The van der Waals surface area contributed by atoms with Crippen molar-refractivity contribution >= 4 is 27.3 Å². The highest BCUT2D eigenvalue weighted by Crippen LogP contribution is 2.27. The molecule has 0 unspecified atom stereocenters. The summed E-state index contributed by atoms with van der Waals surface area (Å²) in [5.41, 5.74) is 0. The highest BCUT2D eigenvalue weighted by atomic mass is 32.2. The van der Waals surface area contributed by atoms with Gasteiger partial charge in [0.25, 0.3) is 5.91 Å². The number of hydrogen-bond acceptors (Lipinski definition) is 4. The largest absolute Gasteiger partial charge is 0.406 e. The van der Waals surface area contributed by atoms with Crippen LogP contribution in [0.1, 0.15) is 27.9 Å². The van der Waals surface area contributed by atoms with E-state index in [0.29, 0.717) is 11.3 Å². The second kappa shape index (κ2) is 6.32. The molecule has 21 heavy (non-hydrogen) atoms. The lowest BCUT2D eigenvalue weighted by Crippen LogP contribution is -2.39. The summed E-state index contributed by atoms with van der Waals surface area (Å²) in [7, 11) is -4.00. The van der Waals surface area contributed by atoms with Crippen LogP contribution in [-0.2, 0) is 10.0 Å². The van der Waals surface area contributed by atoms with Crippen LogP contribution in [0.4, 0.5) is 13.2 Å². The number of amides is 1. The first-order valence-electron chi connectivity index (χ1n) is 5.95. The van der Waals surface area contributed by atoms with Gasteiger partial charge in [-0.05, 0) is 19.4 Å². The summed E-state index contributed by atoms with van der Waals surface area (Å²) in [6, 6.07) is 1.02. The molecule has 0 saturated heterocycles. The van der Waals surface area contributed by atoms with E-state index in [2.05, 4.69) is 0 Å². The molecule has 1 rings (SSSR count).